The maximum atomic E-state index is 6.19. The van der Waals surface area contributed by atoms with Crippen molar-refractivity contribution in [2.45, 2.75) is 19.8 Å². The zero-order valence-electron chi connectivity index (χ0n) is 9.14. The molecule has 0 amide bonds. The van der Waals surface area contributed by atoms with Crippen LogP contribution in [0.1, 0.15) is 19.0 Å². The first-order valence-electron chi connectivity index (χ1n) is 5.06. The summed E-state index contributed by atoms with van der Waals surface area (Å²) in [4.78, 5) is 4.49. The Hall–Kier alpha value is -0.210. The van der Waals surface area contributed by atoms with Crippen molar-refractivity contribution in [2.75, 3.05) is 0 Å². The normalized spacial score (nSPS) is 10.4. The third kappa shape index (κ3) is 3.17. The Balaban J connectivity index is 0.00000144. The maximum absolute atomic E-state index is 6.19. The van der Waals surface area contributed by atoms with Crippen molar-refractivity contribution < 1.29 is 0 Å². The maximum Gasteiger partial charge on any atom is 0.0750 e. The molecule has 0 bridgehead atoms. The number of nitrogens with zero attached hydrogens (tertiary/aromatic N) is 1. The second-order valence-electron chi connectivity index (χ2n) is 3.63. The molecule has 0 aliphatic carbocycles. The first-order valence-corrected chi connectivity index (χ1v) is 6.19. The lowest BCUT2D eigenvalue weighted by atomic mass is 10.1. The molecule has 0 aliphatic heterocycles. The number of rotatable bonds is 2. The lowest BCUT2D eigenvalue weighted by molar-refractivity contribution is 0.890. The first-order chi connectivity index (χ1) is 7.61. The molecule has 17 heavy (non-hydrogen) atoms. The number of benzene rings is 1. The highest BCUT2D eigenvalue weighted by Gasteiger charge is 2.08. The molecule has 1 aromatic heterocycles. The van der Waals surface area contributed by atoms with Crippen molar-refractivity contribution in [3.8, 4) is 0 Å². The van der Waals surface area contributed by atoms with Crippen LogP contribution in [0.25, 0.3) is 10.9 Å². The molecule has 1 nitrogen and oxygen atoms in total. The molecule has 0 unspecified atom stereocenters. The Kier molecular flexibility index (Phi) is 5.33. The second-order valence-corrected chi connectivity index (χ2v) is 4.88. The molecule has 2 aromatic rings. The molecular formula is C12H11Cl4N. The lowest BCUT2D eigenvalue weighted by Gasteiger charge is -2.06. The Morgan fingerprint density at radius 1 is 1.06 bits per heavy atom. The number of pyridine rings is 1. The van der Waals surface area contributed by atoms with Gasteiger partial charge in [0, 0.05) is 16.1 Å². The summed E-state index contributed by atoms with van der Waals surface area (Å²) in [6, 6.07) is 5.33. The van der Waals surface area contributed by atoms with Crippen LogP contribution in [0.5, 0.6) is 0 Å². The number of hydrogen-bond donors (Lipinski definition) is 0. The fourth-order valence-electron chi connectivity index (χ4n) is 1.67. The Bertz CT molecular complexity index is 540. The van der Waals surface area contributed by atoms with Crippen LogP contribution in [-0.4, -0.2) is 4.98 Å². The van der Waals surface area contributed by atoms with Gasteiger partial charge < -0.3 is 0 Å². The SMILES string of the molecule is CCCc1cc(Cl)c2c(Cl)cc(Cl)cc2n1.Cl. The van der Waals surface area contributed by atoms with E-state index in [9.17, 15) is 0 Å². The van der Waals surface area contributed by atoms with E-state index in [0.29, 0.717) is 15.1 Å². The summed E-state index contributed by atoms with van der Waals surface area (Å²) in [6.07, 6.45) is 1.93. The average molecular weight is 311 g/mol. The van der Waals surface area contributed by atoms with E-state index >= 15 is 0 Å². The third-order valence-corrected chi connectivity index (χ3v) is 3.15. The minimum absolute atomic E-state index is 0. The topological polar surface area (TPSA) is 12.9 Å². The fourth-order valence-corrected chi connectivity index (χ4v) is 2.63. The van der Waals surface area contributed by atoms with E-state index < -0.39 is 0 Å². The summed E-state index contributed by atoms with van der Waals surface area (Å²) >= 11 is 18.2. The van der Waals surface area contributed by atoms with E-state index in [1.165, 1.54) is 0 Å². The van der Waals surface area contributed by atoms with Gasteiger partial charge >= 0.3 is 0 Å². The van der Waals surface area contributed by atoms with Gasteiger partial charge in [0.15, 0.2) is 0 Å². The number of aryl methyl sites for hydroxylation is 1. The molecule has 0 radical (unpaired) electrons. The van der Waals surface area contributed by atoms with E-state index in [-0.39, 0.29) is 12.4 Å². The lowest BCUT2D eigenvalue weighted by Crippen LogP contribution is -1.91. The molecule has 0 saturated heterocycles. The summed E-state index contributed by atoms with van der Waals surface area (Å²) < 4.78 is 0. The van der Waals surface area contributed by atoms with Gasteiger partial charge in [0.25, 0.3) is 0 Å². The van der Waals surface area contributed by atoms with Crippen LogP contribution in [0.2, 0.25) is 15.1 Å². The summed E-state index contributed by atoms with van der Waals surface area (Å²) in [5.74, 6) is 0. The van der Waals surface area contributed by atoms with Crippen LogP contribution in [-0.2, 0) is 6.42 Å². The quantitative estimate of drug-likeness (QED) is 0.706. The van der Waals surface area contributed by atoms with Gasteiger partial charge in [-0.3, -0.25) is 4.98 Å². The summed E-state index contributed by atoms with van der Waals surface area (Å²) in [5, 5.41) is 2.53. The highest BCUT2D eigenvalue weighted by Crippen LogP contribution is 2.32. The zero-order chi connectivity index (χ0) is 11.7. The second kappa shape index (κ2) is 6.10. The summed E-state index contributed by atoms with van der Waals surface area (Å²) in [5.41, 5.74) is 1.73. The molecule has 0 saturated carbocycles. The predicted octanol–water partition coefficient (Wildman–Crippen LogP) is 5.57. The molecular weight excluding hydrogens is 300 g/mol. The summed E-state index contributed by atoms with van der Waals surface area (Å²) in [7, 11) is 0. The van der Waals surface area contributed by atoms with Gasteiger partial charge in [0.1, 0.15) is 0 Å². The van der Waals surface area contributed by atoms with Crippen LogP contribution in [0, 0.1) is 0 Å². The molecule has 0 atom stereocenters. The molecule has 0 aliphatic rings. The standard InChI is InChI=1S/C12H10Cl3N.ClH/c1-2-3-8-6-10(15)12-9(14)4-7(13)5-11(12)16-8;/h4-6H,2-3H2,1H3;1H. The van der Waals surface area contributed by atoms with Crippen LogP contribution in [0.3, 0.4) is 0 Å². The largest absolute Gasteiger partial charge is 0.253 e. The first kappa shape index (κ1) is 14.8. The van der Waals surface area contributed by atoms with Gasteiger partial charge in [-0.15, -0.1) is 12.4 Å². The molecule has 0 spiro atoms. The van der Waals surface area contributed by atoms with E-state index in [1.807, 2.05) is 6.07 Å². The van der Waals surface area contributed by atoms with E-state index in [2.05, 4.69) is 11.9 Å². The number of halogens is 4. The van der Waals surface area contributed by atoms with Crippen molar-refractivity contribution in [1.29, 1.82) is 0 Å². The molecule has 2 rings (SSSR count). The molecule has 1 aromatic carbocycles. The number of fused-ring (bicyclic) bond motifs is 1. The van der Waals surface area contributed by atoms with Gasteiger partial charge in [-0.05, 0) is 24.6 Å². The van der Waals surface area contributed by atoms with Gasteiger partial charge in [-0.2, -0.15) is 0 Å². The zero-order valence-corrected chi connectivity index (χ0v) is 12.2. The van der Waals surface area contributed by atoms with Gasteiger partial charge in [-0.1, -0.05) is 48.1 Å². The van der Waals surface area contributed by atoms with E-state index in [4.69, 9.17) is 34.8 Å². The molecule has 5 heteroatoms. The molecule has 0 fully saturated rings. The van der Waals surface area contributed by atoms with Crippen molar-refractivity contribution >= 4 is 58.1 Å². The highest BCUT2D eigenvalue weighted by atomic mass is 35.5. The van der Waals surface area contributed by atoms with Crippen molar-refractivity contribution in [1.82, 2.24) is 4.98 Å². The highest BCUT2D eigenvalue weighted by molar-refractivity contribution is 6.43. The molecule has 92 valence electrons. The monoisotopic (exact) mass is 309 g/mol. The third-order valence-electron chi connectivity index (χ3n) is 2.34. The smallest absolute Gasteiger partial charge is 0.0750 e. The van der Waals surface area contributed by atoms with Crippen molar-refractivity contribution in [2.24, 2.45) is 0 Å². The Morgan fingerprint density at radius 2 is 1.71 bits per heavy atom. The Morgan fingerprint density at radius 3 is 2.35 bits per heavy atom. The average Bonchev–Trinajstić information content (AvgIpc) is 2.15. The van der Waals surface area contributed by atoms with Crippen LogP contribution < -0.4 is 0 Å². The van der Waals surface area contributed by atoms with Gasteiger partial charge in [0.05, 0.1) is 15.6 Å². The van der Waals surface area contributed by atoms with Crippen molar-refractivity contribution in [3.63, 3.8) is 0 Å². The number of aromatic nitrogens is 1. The minimum atomic E-state index is 0. The minimum Gasteiger partial charge on any atom is -0.253 e. The van der Waals surface area contributed by atoms with Crippen LogP contribution in [0.15, 0.2) is 18.2 Å². The fraction of sp³-hybridized carbons (Fsp3) is 0.250. The number of hydrogen-bond acceptors (Lipinski definition) is 1. The van der Waals surface area contributed by atoms with Crippen molar-refractivity contribution in [3.05, 3.63) is 39.0 Å². The van der Waals surface area contributed by atoms with Crippen LogP contribution in [0.4, 0.5) is 0 Å². The van der Waals surface area contributed by atoms with E-state index in [0.717, 1.165) is 29.4 Å². The Labute approximate surface area is 121 Å². The summed E-state index contributed by atoms with van der Waals surface area (Å²) in [6.45, 7) is 2.10. The molecule has 0 N–H and O–H groups in total. The van der Waals surface area contributed by atoms with E-state index in [1.54, 1.807) is 12.1 Å². The molecule has 1 heterocycles. The predicted molar refractivity (Wildman–Crippen MR) is 78.0 cm³/mol. The van der Waals surface area contributed by atoms with Gasteiger partial charge in [0.2, 0.25) is 0 Å². The van der Waals surface area contributed by atoms with Gasteiger partial charge in [-0.25, -0.2) is 0 Å². The van der Waals surface area contributed by atoms with Crippen LogP contribution >= 0.6 is 47.2 Å².